The molecule has 0 atom stereocenters. The van der Waals surface area contributed by atoms with Gasteiger partial charge in [0.2, 0.25) is 5.90 Å². The maximum atomic E-state index is 10.2. The Morgan fingerprint density at radius 2 is 1.59 bits per heavy atom. The van der Waals surface area contributed by atoms with Gasteiger partial charge in [-0.05, 0) is 48.2 Å². The first-order chi connectivity index (χ1) is 16.2. The van der Waals surface area contributed by atoms with Crippen molar-refractivity contribution in [2.75, 3.05) is 5.73 Å². The molecular formula is C28H41ClN2O3. The van der Waals surface area contributed by atoms with E-state index < -0.39 is 0 Å². The number of aliphatic imine (C=N–C) groups is 1. The molecule has 6 heteroatoms. The van der Waals surface area contributed by atoms with Gasteiger partial charge < -0.3 is 10.8 Å². The average molecular weight is 489 g/mol. The highest BCUT2D eigenvalue weighted by Gasteiger charge is 2.19. The molecule has 0 unspecified atom stereocenters. The Morgan fingerprint density at radius 1 is 0.941 bits per heavy atom. The first-order valence-corrected chi connectivity index (χ1v) is 12.9. The molecule has 0 aliphatic carbocycles. The summed E-state index contributed by atoms with van der Waals surface area (Å²) in [6.45, 7) is 8.35. The number of benzene rings is 2. The zero-order valence-corrected chi connectivity index (χ0v) is 22.0. The Hall–Kier alpha value is -2.40. The highest BCUT2D eigenvalue weighted by Crippen LogP contribution is 2.33. The van der Waals surface area contributed by atoms with Gasteiger partial charge in [-0.3, -0.25) is 9.78 Å². The van der Waals surface area contributed by atoms with Crippen LogP contribution in [0.5, 0.6) is 11.5 Å². The van der Waals surface area contributed by atoms with E-state index in [1.807, 2.05) is 20.8 Å². The third-order valence-corrected chi connectivity index (χ3v) is 6.08. The summed E-state index contributed by atoms with van der Waals surface area (Å²) in [6.07, 6.45) is 11.8. The fraction of sp³-hybridized carbons (Fsp3) is 0.536. The molecule has 0 aliphatic heterocycles. The molecule has 0 amide bonds. The Balaban J connectivity index is 1.99. The van der Waals surface area contributed by atoms with Crippen molar-refractivity contribution < 1.29 is 14.9 Å². The lowest BCUT2D eigenvalue weighted by Crippen LogP contribution is -2.12. The number of nitrogen functional groups attached to an aromatic ring is 1. The number of nitrogens with two attached hydrogens (primary N) is 1. The second-order valence-electron chi connectivity index (χ2n) is 9.89. The molecule has 0 saturated heterocycles. The lowest BCUT2D eigenvalue weighted by Gasteiger charge is -2.21. The van der Waals surface area contributed by atoms with Crippen LogP contribution in [0.4, 0.5) is 11.4 Å². The third kappa shape index (κ3) is 9.84. The van der Waals surface area contributed by atoms with Gasteiger partial charge in [-0.1, -0.05) is 90.7 Å². The number of hydrogen-bond acceptors (Lipinski definition) is 5. The molecule has 2 aromatic carbocycles. The van der Waals surface area contributed by atoms with Gasteiger partial charge in [-0.2, -0.15) is 0 Å². The Kier molecular flexibility index (Phi) is 11.5. The Labute approximate surface area is 210 Å². The van der Waals surface area contributed by atoms with Gasteiger partial charge in [0, 0.05) is 12.0 Å². The molecule has 0 bridgehead atoms. The van der Waals surface area contributed by atoms with Crippen LogP contribution in [0.2, 0.25) is 5.02 Å². The summed E-state index contributed by atoms with van der Waals surface area (Å²) in [7, 11) is 0. The van der Waals surface area contributed by atoms with E-state index in [1.54, 1.807) is 36.4 Å². The van der Waals surface area contributed by atoms with Crippen molar-refractivity contribution in [1.82, 2.24) is 0 Å². The molecule has 34 heavy (non-hydrogen) atoms. The Bertz CT molecular complexity index is 922. The summed E-state index contributed by atoms with van der Waals surface area (Å²) in [5.74, 6) is 1.23. The van der Waals surface area contributed by atoms with Gasteiger partial charge >= 0.3 is 0 Å². The minimum atomic E-state index is -0.224. The quantitative estimate of drug-likeness (QED) is 0.0736. The van der Waals surface area contributed by atoms with Crippen molar-refractivity contribution >= 4 is 28.9 Å². The lowest BCUT2D eigenvalue weighted by molar-refractivity contribution is -0.119. The summed E-state index contributed by atoms with van der Waals surface area (Å²) in [4.78, 5) is 15.9. The zero-order valence-electron chi connectivity index (χ0n) is 21.2. The second-order valence-corrected chi connectivity index (χ2v) is 10.3. The summed E-state index contributed by atoms with van der Waals surface area (Å²) >= 11 is 6.04. The number of phenolic OH excluding ortho intramolecular Hbond substituents is 1. The van der Waals surface area contributed by atoms with E-state index in [0.29, 0.717) is 34.5 Å². The van der Waals surface area contributed by atoms with Crippen LogP contribution in [0, 0.1) is 0 Å². The molecular weight excluding hydrogens is 448 g/mol. The summed E-state index contributed by atoms with van der Waals surface area (Å²) < 4.78 is 0. The van der Waals surface area contributed by atoms with Crippen LogP contribution in [0.25, 0.3) is 0 Å². The predicted molar refractivity (Wildman–Crippen MR) is 143 cm³/mol. The van der Waals surface area contributed by atoms with Crippen molar-refractivity contribution in [2.24, 2.45) is 4.99 Å². The van der Waals surface area contributed by atoms with Crippen molar-refractivity contribution in [3.8, 4) is 11.5 Å². The van der Waals surface area contributed by atoms with Crippen LogP contribution in [-0.2, 0) is 10.3 Å². The van der Waals surface area contributed by atoms with Gasteiger partial charge in [0.15, 0.2) is 5.75 Å². The molecule has 188 valence electrons. The number of aromatic hydroxyl groups is 1. The smallest absolute Gasteiger partial charge is 0.246 e. The van der Waals surface area contributed by atoms with E-state index in [-0.39, 0.29) is 11.2 Å². The summed E-state index contributed by atoms with van der Waals surface area (Å²) in [5, 5.41) is 10.7. The fourth-order valence-corrected chi connectivity index (χ4v) is 3.83. The van der Waals surface area contributed by atoms with Gasteiger partial charge in [0.05, 0.1) is 16.4 Å². The van der Waals surface area contributed by atoms with Gasteiger partial charge in [0.25, 0.3) is 0 Å². The molecule has 0 spiro atoms. The molecule has 0 saturated carbocycles. The normalized spacial score (nSPS) is 12.1. The number of rotatable bonds is 13. The zero-order chi connectivity index (χ0) is 25.0. The van der Waals surface area contributed by atoms with Crippen molar-refractivity contribution in [1.29, 1.82) is 0 Å². The lowest BCUT2D eigenvalue weighted by atomic mass is 9.86. The van der Waals surface area contributed by atoms with Crippen LogP contribution in [-0.4, -0.2) is 11.0 Å². The third-order valence-electron chi connectivity index (χ3n) is 5.74. The monoisotopic (exact) mass is 488 g/mol. The number of halogens is 1. The number of hydrogen-bond donors (Lipinski definition) is 2. The first kappa shape index (κ1) is 27.8. The molecule has 2 rings (SSSR count). The predicted octanol–water partition coefficient (Wildman–Crippen LogP) is 8.89. The number of phenols is 1. The standard InChI is InChI=1S/C28H41ClN2O3/c1-5-6-7-8-9-10-11-12-13-14-27(31-21-15-17-24(29)25(30)19-21)34-33-22-16-18-26(32)23(20-22)28(2,3)4/h15-20,32H,5-14,30H2,1-4H3. The van der Waals surface area contributed by atoms with E-state index in [4.69, 9.17) is 27.1 Å². The van der Waals surface area contributed by atoms with Crippen LogP contribution >= 0.6 is 11.6 Å². The highest BCUT2D eigenvalue weighted by atomic mass is 35.5. The molecule has 2 aromatic rings. The summed E-state index contributed by atoms with van der Waals surface area (Å²) in [5.41, 5.74) is 7.63. The maximum absolute atomic E-state index is 10.2. The average Bonchev–Trinajstić information content (AvgIpc) is 2.78. The fourth-order valence-electron chi connectivity index (χ4n) is 3.71. The SMILES string of the molecule is CCCCCCCCCCCC(=Nc1ccc(Cl)c(N)c1)OOc1ccc(O)c(C(C)(C)C)c1. The molecule has 0 heterocycles. The maximum Gasteiger partial charge on any atom is 0.246 e. The van der Waals surface area contributed by atoms with Gasteiger partial charge in [-0.15, -0.1) is 0 Å². The van der Waals surface area contributed by atoms with Crippen LogP contribution in [0.1, 0.15) is 97.5 Å². The van der Waals surface area contributed by atoms with E-state index in [0.717, 1.165) is 18.4 Å². The van der Waals surface area contributed by atoms with E-state index in [1.165, 1.54) is 44.9 Å². The highest BCUT2D eigenvalue weighted by molar-refractivity contribution is 6.33. The number of nitrogens with zero attached hydrogens (tertiary/aromatic N) is 1. The van der Waals surface area contributed by atoms with Crippen LogP contribution in [0.3, 0.4) is 0 Å². The van der Waals surface area contributed by atoms with Gasteiger partial charge in [-0.25, -0.2) is 4.99 Å². The number of anilines is 1. The van der Waals surface area contributed by atoms with Crippen LogP contribution in [0.15, 0.2) is 41.4 Å². The van der Waals surface area contributed by atoms with Crippen LogP contribution < -0.4 is 10.6 Å². The molecule has 0 fully saturated rings. The topological polar surface area (TPSA) is 77.1 Å². The Morgan fingerprint density at radius 3 is 2.21 bits per heavy atom. The molecule has 0 radical (unpaired) electrons. The summed E-state index contributed by atoms with van der Waals surface area (Å²) in [6, 6.07) is 10.3. The molecule has 0 aliphatic rings. The first-order valence-electron chi connectivity index (χ1n) is 12.5. The van der Waals surface area contributed by atoms with E-state index in [2.05, 4.69) is 11.9 Å². The molecule has 5 nitrogen and oxygen atoms in total. The molecule has 0 aromatic heterocycles. The minimum Gasteiger partial charge on any atom is -0.508 e. The van der Waals surface area contributed by atoms with Crippen molar-refractivity contribution in [3.63, 3.8) is 0 Å². The van der Waals surface area contributed by atoms with Crippen molar-refractivity contribution in [3.05, 3.63) is 47.0 Å². The van der Waals surface area contributed by atoms with E-state index >= 15 is 0 Å². The molecule has 3 N–H and O–H groups in total. The van der Waals surface area contributed by atoms with Gasteiger partial charge in [0.1, 0.15) is 5.75 Å². The minimum absolute atomic E-state index is 0.224. The second kappa shape index (κ2) is 14.1. The van der Waals surface area contributed by atoms with Crippen molar-refractivity contribution in [2.45, 2.75) is 97.3 Å². The number of unbranched alkanes of at least 4 members (excludes halogenated alkanes) is 8. The van der Waals surface area contributed by atoms with E-state index in [9.17, 15) is 5.11 Å². The largest absolute Gasteiger partial charge is 0.508 e.